The maximum Gasteiger partial charge on any atom is 0.573 e. The van der Waals surface area contributed by atoms with Crippen LogP contribution in [0.1, 0.15) is 52.4 Å². The lowest BCUT2D eigenvalue weighted by Crippen LogP contribution is -2.49. The van der Waals surface area contributed by atoms with E-state index in [1.54, 1.807) is 36.4 Å². The van der Waals surface area contributed by atoms with Crippen molar-refractivity contribution >= 4 is 0 Å². The summed E-state index contributed by atoms with van der Waals surface area (Å²) in [6, 6.07) is 15.9. The average molecular weight is 693 g/mol. The molecule has 2 aliphatic heterocycles. The van der Waals surface area contributed by atoms with Crippen LogP contribution in [0.25, 0.3) is 0 Å². The Bertz CT molecular complexity index is 1950. The molecular weight excluding hydrogens is 661 g/mol. The first-order valence-electron chi connectivity index (χ1n) is 15.4. The second-order valence-electron chi connectivity index (χ2n) is 12.1. The van der Waals surface area contributed by atoms with Crippen LogP contribution in [0.15, 0.2) is 82.4 Å². The summed E-state index contributed by atoms with van der Waals surface area (Å²) in [5, 5.41) is 0. The number of alkyl halides is 6. The first-order chi connectivity index (χ1) is 23.1. The van der Waals surface area contributed by atoms with Crippen molar-refractivity contribution in [1.82, 2.24) is 14.0 Å². The predicted octanol–water partition coefficient (Wildman–Crippen LogP) is 5.84. The van der Waals surface area contributed by atoms with Crippen LogP contribution in [-0.2, 0) is 42.8 Å². The first-order valence-corrected chi connectivity index (χ1v) is 15.4. The molecule has 1 aromatic heterocycles. The largest absolute Gasteiger partial charge is 0.573 e. The highest BCUT2D eigenvalue weighted by molar-refractivity contribution is 5.35. The number of nitrogens with two attached hydrogens (primary N) is 1. The van der Waals surface area contributed by atoms with Crippen LogP contribution >= 0.6 is 0 Å². The van der Waals surface area contributed by atoms with Crippen LogP contribution in [0.2, 0.25) is 0 Å². The van der Waals surface area contributed by atoms with Gasteiger partial charge in [0, 0.05) is 31.2 Å². The van der Waals surface area contributed by atoms with Crippen molar-refractivity contribution in [2.24, 2.45) is 5.73 Å². The molecule has 15 heteroatoms. The summed E-state index contributed by atoms with van der Waals surface area (Å²) in [6.07, 6.45) is -9.31. The highest BCUT2D eigenvalue weighted by atomic mass is 19.4. The van der Waals surface area contributed by atoms with Crippen molar-refractivity contribution in [2.75, 3.05) is 13.1 Å². The molecule has 1 atom stereocenters. The summed E-state index contributed by atoms with van der Waals surface area (Å²) in [5.41, 5.74) is 2.83. The molecule has 1 saturated heterocycles. The zero-order chi connectivity index (χ0) is 35.1. The molecule has 0 bridgehead atoms. The summed E-state index contributed by atoms with van der Waals surface area (Å²) in [6.45, 7) is -0.476. The highest BCUT2D eigenvalue weighted by Crippen LogP contribution is 2.43. The van der Waals surface area contributed by atoms with Crippen molar-refractivity contribution in [2.45, 2.75) is 63.3 Å². The molecule has 1 fully saturated rings. The maximum atomic E-state index is 15.0. The van der Waals surface area contributed by atoms with Crippen LogP contribution in [0.3, 0.4) is 0 Å². The topological polar surface area (TPSA) is 91.7 Å². The summed E-state index contributed by atoms with van der Waals surface area (Å²) < 4.78 is 107. The maximum absolute atomic E-state index is 15.0. The number of aromatic nitrogens is 2. The predicted molar refractivity (Wildman–Crippen MR) is 163 cm³/mol. The summed E-state index contributed by atoms with van der Waals surface area (Å²) in [5.74, 6) is -1.52. The second-order valence-corrected chi connectivity index (χ2v) is 12.1. The van der Waals surface area contributed by atoms with E-state index in [1.807, 2.05) is 4.90 Å². The number of rotatable bonds is 8. The smallest absolute Gasteiger partial charge is 0.406 e. The molecule has 49 heavy (non-hydrogen) atoms. The van der Waals surface area contributed by atoms with Gasteiger partial charge in [0.25, 0.3) is 5.56 Å². The number of piperidine rings is 1. The Morgan fingerprint density at radius 2 is 1.57 bits per heavy atom. The van der Waals surface area contributed by atoms with E-state index in [2.05, 4.69) is 4.74 Å². The summed E-state index contributed by atoms with van der Waals surface area (Å²) in [7, 11) is 0. The Hall–Kier alpha value is -4.47. The molecule has 2 N–H and O–H groups in total. The fourth-order valence-electron chi connectivity index (χ4n) is 6.66. The number of fused-ring (bicyclic) bond motifs is 2. The van der Waals surface area contributed by atoms with Crippen LogP contribution in [0.4, 0.5) is 30.7 Å². The molecule has 0 amide bonds. The van der Waals surface area contributed by atoms with E-state index < -0.39 is 58.9 Å². The third kappa shape index (κ3) is 7.14. The van der Waals surface area contributed by atoms with E-state index in [-0.39, 0.29) is 49.5 Å². The lowest BCUT2D eigenvalue weighted by Gasteiger charge is -2.39. The molecule has 0 unspecified atom stereocenters. The van der Waals surface area contributed by atoms with E-state index in [9.17, 15) is 35.9 Å². The van der Waals surface area contributed by atoms with Crippen LogP contribution in [0, 0.1) is 5.82 Å². The molecular formula is C34H31F7N4O4. The average Bonchev–Trinajstić information content (AvgIpc) is 3.40. The number of hydrogen-bond donors (Lipinski definition) is 1. The monoisotopic (exact) mass is 692 g/mol. The van der Waals surface area contributed by atoms with Crippen molar-refractivity contribution < 1.29 is 40.2 Å². The van der Waals surface area contributed by atoms with Gasteiger partial charge in [-0.3, -0.25) is 18.8 Å². The Balaban J connectivity index is 1.36. The quantitative estimate of drug-likeness (QED) is 0.234. The first kappa shape index (κ1) is 34.4. The van der Waals surface area contributed by atoms with Gasteiger partial charge in [-0.1, -0.05) is 48.5 Å². The molecule has 3 heterocycles. The van der Waals surface area contributed by atoms with Crippen molar-refractivity contribution in [3.05, 3.63) is 133 Å². The van der Waals surface area contributed by atoms with Crippen LogP contribution in [-0.4, -0.2) is 33.5 Å². The van der Waals surface area contributed by atoms with Crippen molar-refractivity contribution in [1.29, 1.82) is 0 Å². The third-order valence-electron chi connectivity index (χ3n) is 9.03. The van der Waals surface area contributed by atoms with E-state index in [1.165, 1.54) is 18.2 Å². The number of likely N-dealkylation sites (tertiary alicyclic amines) is 1. The van der Waals surface area contributed by atoms with Crippen molar-refractivity contribution in [3.8, 4) is 5.75 Å². The lowest BCUT2D eigenvalue weighted by molar-refractivity contribution is -0.274. The van der Waals surface area contributed by atoms with Gasteiger partial charge in [-0.25, -0.2) is 9.18 Å². The van der Waals surface area contributed by atoms with Gasteiger partial charge >= 0.3 is 18.2 Å². The zero-order valence-corrected chi connectivity index (χ0v) is 25.9. The van der Waals surface area contributed by atoms with Gasteiger partial charge in [-0.2, -0.15) is 13.2 Å². The Labute approximate surface area is 275 Å². The fourth-order valence-corrected chi connectivity index (χ4v) is 6.66. The number of halogens is 7. The molecule has 6 rings (SSSR count). The molecule has 2 aliphatic rings. The minimum absolute atomic E-state index is 0.0568. The van der Waals surface area contributed by atoms with Crippen molar-refractivity contribution in [3.63, 3.8) is 0 Å². The zero-order valence-electron chi connectivity index (χ0n) is 25.9. The van der Waals surface area contributed by atoms with Gasteiger partial charge in [-0.05, 0) is 48.2 Å². The molecule has 3 aromatic carbocycles. The van der Waals surface area contributed by atoms with Gasteiger partial charge in [0.1, 0.15) is 17.2 Å². The second kappa shape index (κ2) is 13.1. The van der Waals surface area contributed by atoms with Crippen LogP contribution < -0.4 is 21.7 Å². The normalized spacial score (nSPS) is 16.9. The van der Waals surface area contributed by atoms with Crippen LogP contribution in [0.5, 0.6) is 5.75 Å². The van der Waals surface area contributed by atoms with Gasteiger partial charge in [-0.15, -0.1) is 13.2 Å². The number of hydrogen-bond acceptors (Lipinski definition) is 6. The molecule has 0 radical (unpaired) electrons. The van der Waals surface area contributed by atoms with Gasteiger partial charge in [0.05, 0.1) is 36.5 Å². The van der Waals surface area contributed by atoms with E-state index in [0.717, 1.165) is 27.3 Å². The number of benzene rings is 3. The molecule has 8 nitrogen and oxygen atoms in total. The van der Waals surface area contributed by atoms with E-state index >= 15 is 4.39 Å². The molecule has 0 aliphatic carbocycles. The molecule has 260 valence electrons. The van der Waals surface area contributed by atoms with E-state index in [4.69, 9.17) is 10.5 Å². The van der Waals surface area contributed by atoms with Gasteiger partial charge in [0.2, 0.25) is 0 Å². The SMILES string of the molecule is N[C@@H](Cn1c(=O)c2c(n(Cc3c(F)cccc3C(F)(F)F)c1=O)COC21CCN(Cc2cccc(OC(F)(F)F)c2)CC1)c1ccccc1. The Morgan fingerprint density at radius 3 is 2.24 bits per heavy atom. The lowest BCUT2D eigenvalue weighted by atomic mass is 9.85. The summed E-state index contributed by atoms with van der Waals surface area (Å²) in [4.78, 5) is 30.1. The minimum Gasteiger partial charge on any atom is -0.406 e. The van der Waals surface area contributed by atoms with Gasteiger partial charge < -0.3 is 15.2 Å². The Morgan fingerprint density at radius 1 is 0.878 bits per heavy atom. The highest BCUT2D eigenvalue weighted by Gasteiger charge is 2.47. The minimum atomic E-state index is -4.92. The Kier molecular flexibility index (Phi) is 9.19. The summed E-state index contributed by atoms with van der Waals surface area (Å²) >= 11 is 0. The molecule has 0 saturated carbocycles. The number of nitrogens with zero attached hydrogens (tertiary/aromatic N) is 3. The standard InChI is InChI=1S/C34H31F7N4O4/c35-26-11-5-10-25(33(36,37)38)24(26)18-44-28-20-48-32(29(28)30(46)45(31(44)47)19-27(42)22-7-2-1-3-8-22)12-14-43(15-13-32)17-21-6-4-9-23(16-21)49-34(39,40)41/h1-11,16,27H,12-15,17-20,42H2/t27-/m0/s1. The third-order valence-corrected chi connectivity index (χ3v) is 9.03. The molecule has 4 aromatic rings. The molecule has 1 spiro atoms. The number of ether oxygens (including phenoxy) is 2. The van der Waals surface area contributed by atoms with E-state index in [0.29, 0.717) is 24.2 Å². The fraction of sp³-hybridized carbons (Fsp3) is 0.353. The van der Waals surface area contributed by atoms with Gasteiger partial charge in [0.15, 0.2) is 0 Å².